The Morgan fingerprint density at radius 3 is 1.22 bits per heavy atom. The minimum absolute atomic E-state index is 0. The van der Waals surface area contributed by atoms with Gasteiger partial charge < -0.3 is 28.4 Å². The molecule has 0 N–H and O–H groups in total. The highest BCUT2D eigenvalue weighted by atomic mass is 35.5. The Labute approximate surface area is 488 Å². The molecule has 17 heteroatoms. The average Bonchev–Trinajstić information content (AvgIpc) is 3.44. The fourth-order valence-corrected chi connectivity index (χ4v) is 10.7. The van der Waals surface area contributed by atoms with Crippen LogP contribution in [0.15, 0.2) is 109 Å². The first-order chi connectivity index (χ1) is 36.4. The van der Waals surface area contributed by atoms with Crippen LogP contribution in [0.2, 0.25) is 10.0 Å². The van der Waals surface area contributed by atoms with Gasteiger partial charge in [0.05, 0.1) is 47.4 Å². The number of rotatable bonds is 21. The Kier molecular flexibility index (Phi) is 47.0. The number of hydrogen-bond donors (Lipinski definition) is 0. The lowest BCUT2D eigenvalue weighted by atomic mass is 9.84. The lowest BCUT2D eigenvalue weighted by Crippen LogP contribution is -2.39. The molecule has 11 nitrogen and oxygen atoms in total. The predicted molar refractivity (Wildman–Crippen MR) is 329 cm³/mol. The van der Waals surface area contributed by atoms with Crippen molar-refractivity contribution in [3.8, 4) is 23.0 Å². The smallest absolute Gasteiger partial charge is 0.373 e. The van der Waals surface area contributed by atoms with Crippen molar-refractivity contribution >= 4 is 92.2 Å². The summed E-state index contributed by atoms with van der Waals surface area (Å²) in [5.41, 5.74) is 6.19. The van der Waals surface area contributed by atoms with E-state index in [1.54, 1.807) is 47.5 Å². The molecule has 0 spiro atoms. The van der Waals surface area contributed by atoms with Gasteiger partial charge >= 0.3 is 18.1 Å². The van der Waals surface area contributed by atoms with E-state index in [2.05, 4.69) is 61.9 Å². The molecule has 0 saturated heterocycles. The first kappa shape index (κ1) is 76.5. The van der Waals surface area contributed by atoms with Gasteiger partial charge in [0.2, 0.25) is 0 Å². The van der Waals surface area contributed by atoms with Gasteiger partial charge in [0.15, 0.2) is 5.78 Å². The number of Topliss-reactive ketones (excluding diaryl/α,β-unsaturated/α-hetero) is 1. The second-order valence-corrected chi connectivity index (χ2v) is 21.7. The van der Waals surface area contributed by atoms with Crippen LogP contribution in [0.1, 0.15) is 121 Å². The number of methoxy groups -OCH3 is 6. The monoisotopic (exact) mass is 1180 g/mol. The summed E-state index contributed by atoms with van der Waals surface area (Å²) in [7, 11) is 13.1. The summed E-state index contributed by atoms with van der Waals surface area (Å²) in [4.78, 5) is 52.2. The third kappa shape index (κ3) is 32.7. The van der Waals surface area contributed by atoms with Crippen molar-refractivity contribution in [1.82, 2.24) is 0 Å². The van der Waals surface area contributed by atoms with Gasteiger partial charge in [0.1, 0.15) is 28.9 Å². The van der Waals surface area contributed by atoms with Crippen LogP contribution in [0.5, 0.6) is 23.0 Å². The van der Waals surface area contributed by atoms with Crippen LogP contribution in [0.4, 0.5) is 0 Å². The van der Waals surface area contributed by atoms with Gasteiger partial charge in [-0.25, -0.2) is 0 Å². The highest BCUT2D eigenvalue weighted by Gasteiger charge is 2.43. The largest absolute Gasteiger partial charge is 0.497 e. The van der Waals surface area contributed by atoms with E-state index >= 15 is 0 Å². The molecule has 5 aromatic rings. The summed E-state index contributed by atoms with van der Waals surface area (Å²) in [6.07, 6.45) is 3.30. The first-order valence-electron chi connectivity index (χ1n) is 24.5. The van der Waals surface area contributed by atoms with Crippen molar-refractivity contribution in [3.05, 3.63) is 153 Å². The number of thioether (sulfide) groups is 2. The quantitative estimate of drug-likeness (QED) is 0.0298. The maximum absolute atomic E-state index is 13.7. The van der Waals surface area contributed by atoms with Crippen molar-refractivity contribution < 1.29 is 52.4 Å². The van der Waals surface area contributed by atoms with E-state index in [4.69, 9.17) is 56.5 Å². The molecule has 77 heavy (non-hydrogen) atoms. The SMILES string of the molecule is C.CC.CCC.CCC(C)(SCc1ccc(OC)cc1)C(=O)C(C(=O)OC)c1c(C)cc(Cl)cc1Cl.CCCSCc1ccc(OC)cc1.COC(C)=O.COc1ccc(CSSCc2ccc(OC)cc2)cc1.O=C=O. The minimum Gasteiger partial charge on any atom is -0.497 e. The van der Waals surface area contributed by atoms with Crippen molar-refractivity contribution in [2.24, 2.45) is 0 Å². The van der Waals surface area contributed by atoms with E-state index in [1.807, 2.05) is 122 Å². The van der Waals surface area contributed by atoms with Gasteiger partial charge in [-0.3, -0.25) is 14.4 Å². The average molecular weight is 1180 g/mol. The number of aryl methyl sites for hydroxylation is 1. The lowest BCUT2D eigenvalue weighted by molar-refractivity contribution is -0.191. The van der Waals surface area contributed by atoms with Gasteiger partial charge in [-0.1, -0.05) is 149 Å². The second-order valence-electron chi connectivity index (χ2n) is 15.8. The number of carbonyl (C=O) groups is 3. The number of halogens is 2. The molecule has 0 fully saturated rings. The number of ether oxygens (including phenoxy) is 6. The molecular formula is C60H84Cl2O11S4. The fraction of sp³-hybridized carbons (Fsp3) is 0.433. The molecule has 0 aromatic heterocycles. The summed E-state index contributed by atoms with van der Waals surface area (Å²) in [6, 6.07) is 35.7. The van der Waals surface area contributed by atoms with E-state index < -0.39 is 16.6 Å². The first-order valence-corrected chi connectivity index (χ1v) is 29.9. The van der Waals surface area contributed by atoms with Crippen LogP contribution in [0, 0.1) is 6.92 Å². The maximum atomic E-state index is 13.7. The van der Waals surface area contributed by atoms with E-state index in [1.165, 1.54) is 68.2 Å². The van der Waals surface area contributed by atoms with Gasteiger partial charge in [-0.15, -0.1) is 11.8 Å². The summed E-state index contributed by atoms with van der Waals surface area (Å²) < 4.78 is 28.9. The molecule has 5 aromatic carbocycles. The standard InChI is InChI=1S/C23H26Cl2O4S.C16H18O2S2.C11H16OS.C3H6O2.C3H8.C2H6.CO2.CH4/c1-6-23(3,30-13-15-7-9-17(28-4)10-8-15)21(26)20(22(27)29-5)19-14(2)11-16(24)12-18(19)25;1-17-15-7-3-13(4-8-15)11-19-20-12-14-5-9-16(18-2)10-6-14;1-3-8-13-9-10-4-6-11(12-2)7-5-10;1-3(4)5-2;1-3-2;1-2;2-1-3;/h7-12,20H,6,13H2,1-5H3;3-10H,11-12H2,1-2H3;4-7H,3,8-9H2,1-2H3;1-2H3;3H2,1-2H3;1-2H3;;1H4. The molecule has 0 amide bonds. The zero-order valence-electron chi connectivity index (χ0n) is 47.0. The Morgan fingerprint density at radius 2 is 0.935 bits per heavy atom. The Balaban J connectivity index is -0.00000100. The van der Waals surface area contributed by atoms with Gasteiger partial charge in [0.25, 0.3) is 0 Å². The highest BCUT2D eigenvalue weighted by Crippen LogP contribution is 2.41. The lowest BCUT2D eigenvalue weighted by Gasteiger charge is -2.30. The zero-order valence-corrected chi connectivity index (χ0v) is 51.8. The highest BCUT2D eigenvalue weighted by molar-refractivity contribution is 8.76. The fourth-order valence-electron chi connectivity index (χ4n) is 5.89. The van der Waals surface area contributed by atoms with Crippen LogP contribution in [0.3, 0.4) is 0 Å². The van der Waals surface area contributed by atoms with E-state index in [9.17, 15) is 14.4 Å². The zero-order chi connectivity index (χ0) is 57.9. The molecule has 0 aliphatic heterocycles. The van der Waals surface area contributed by atoms with E-state index in [-0.39, 0.29) is 30.4 Å². The van der Waals surface area contributed by atoms with Crippen molar-refractivity contribution in [2.45, 2.75) is 123 Å². The van der Waals surface area contributed by atoms with Crippen molar-refractivity contribution in [2.75, 3.05) is 48.4 Å². The molecule has 428 valence electrons. The molecule has 2 unspecified atom stereocenters. The van der Waals surface area contributed by atoms with Crippen LogP contribution in [-0.4, -0.2) is 77.0 Å². The molecule has 0 heterocycles. The van der Waals surface area contributed by atoms with Crippen LogP contribution < -0.4 is 18.9 Å². The predicted octanol–water partition coefficient (Wildman–Crippen LogP) is 17.0. The number of benzene rings is 5. The summed E-state index contributed by atoms with van der Waals surface area (Å²) >= 11 is 16.0. The number of ketones is 1. The van der Waals surface area contributed by atoms with Crippen molar-refractivity contribution in [1.29, 1.82) is 0 Å². The van der Waals surface area contributed by atoms with Crippen LogP contribution in [-0.2, 0) is 56.5 Å². The Morgan fingerprint density at radius 1 is 0.597 bits per heavy atom. The number of hydrogen-bond acceptors (Lipinski definition) is 15. The van der Waals surface area contributed by atoms with E-state index in [0.717, 1.165) is 45.8 Å². The van der Waals surface area contributed by atoms with Crippen molar-refractivity contribution in [3.63, 3.8) is 0 Å². The molecule has 0 bridgehead atoms. The van der Waals surface area contributed by atoms with E-state index in [0.29, 0.717) is 28.3 Å². The summed E-state index contributed by atoms with van der Waals surface area (Å²) in [5.74, 6) is 6.27. The topological polar surface area (TPSA) is 141 Å². The molecule has 2 atom stereocenters. The Bertz CT molecular complexity index is 2280. The number of carbonyl (C=O) groups excluding carboxylic acids is 5. The molecule has 0 saturated carbocycles. The van der Waals surface area contributed by atoms with Crippen LogP contribution in [0.25, 0.3) is 0 Å². The molecular weight excluding hydrogens is 1100 g/mol. The minimum atomic E-state index is -1.12. The molecule has 0 aliphatic carbocycles. The Hall–Kier alpha value is -4.73. The molecule has 0 radical (unpaired) electrons. The third-order valence-electron chi connectivity index (χ3n) is 10.1. The van der Waals surface area contributed by atoms with Crippen LogP contribution >= 0.6 is 68.3 Å². The second kappa shape index (κ2) is 47.3. The number of esters is 2. The molecule has 5 rings (SSSR count). The van der Waals surface area contributed by atoms with Gasteiger partial charge in [0, 0.05) is 40.0 Å². The maximum Gasteiger partial charge on any atom is 0.373 e. The molecule has 0 aliphatic rings. The third-order valence-corrected chi connectivity index (χ3v) is 15.8. The summed E-state index contributed by atoms with van der Waals surface area (Å²) in [5, 5.41) is 0.729. The normalized spacial score (nSPS) is 10.7. The van der Waals surface area contributed by atoms with Gasteiger partial charge in [-0.2, -0.15) is 21.4 Å². The summed E-state index contributed by atoms with van der Waals surface area (Å²) in [6.45, 7) is 17.4. The van der Waals surface area contributed by atoms with Gasteiger partial charge in [-0.05, 0) is 126 Å².